The van der Waals surface area contributed by atoms with E-state index < -0.39 is 24.6 Å². The molecular weight excluding hydrogens is 306 g/mol. The van der Waals surface area contributed by atoms with Crippen LogP contribution in [0, 0.1) is 0 Å². The van der Waals surface area contributed by atoms with Gasteiger partial charge in [-0.2, -0.15) is 5.10 Å². The molecule has 2 amide bonds. The largest absolute Gasteiger partial charge is 0.384 e. The Hall–Kier alpha value is -2.48. The van der Waals surface area contributed by atoms with Gasteiger partial charge in [-0.15, -0.1) is 0 Å². The predicted octanol–water partition coefficient (Wildman–Crippen LogP) is 2.18. The quantitative estimate of drug-likeness (QED) is 0.762. The number of amides is 2. The van der Waals surface area contributed by atoms with Crippen molar-refractivity contribution in [1.29, 1.82) is 0 Å². The third-order valence-corrected chi connectivity index (χ3v) is 3.21. The van der Waals surface area contributed by atoms with Gasteiger partial charge in [0.15, 0.2) is 0 Å². The maximum atomic E-state index is 12.2. The van der Waals surface area contributed by atoms with E-state index in [1.54, 1.807) is 31.2 Å². The van der Waals surface area contributed by atoms with Gasteiger partial charge in [0.05, 0.1) is 18.4 Å². The lowest BCUT2D eigenvalue weighted by Gasteiger charge is -2.24. The highest BCUT2D eigenvalue weighted by atomic mass is 19.3. The van der Waals surface area contributed by atoms with E-state index in [0.29, 0.717) is 11.3 Å². The second-order valence-corrected chi connectivity index (χ2v) is 5.29. The molecule has 0 spiro atoms. The summed E-state index contributed by atoms with van der Waals surface area (Å²) in [6.07, 6.45) is 0.0656. The number of anilines is 1. The second kappa shape index (κ2) is 7.19. The predicted molar refractivity (Wildman–Crippen MR) is 81.3 cm³/mol. The van der Waals surface area contributed by atoms with E-state index in [2.05, 4.69) is 15.7 Å². The number of alkyl halides is 2. The third-order valence-electron chi connectivity index (χ3n) is 3.21. The molecule has 0 aliphatic carbocycles. The van der Waals surface area contributed by atoms with E-state index in [1.807, 2.05) is 6.07 Å². The molecule has 1 heterocycles. The standard InChI is InChI=1S/C15H18F2N4O2/c1-15(23,11-5-3-2-4-6-11)10-18-14(22)20-12-7-19-21(8-12)9-13(16)17/h2-8,13,23H,9-10H2,1H3,(H2,18,20,22). The van der Waals surface area contributed by atoms with Gasteiger partial charge >= 0.3 is 6.03 Å². The Bertz CT molecular complexity index is 644. The summed E-state index contributed by atoms with van der Waals surface area (Å²) < 4.78 is 25.5. The van der Waals surface area contributed by atoms with Crippen molar-refractivity contribution in [3.05, 3.63) is 48.3 Å². The Morgan fingerprint density at radius 3 is 2.74 bits per heavy atom. The molecule has 0 radical (unpaired) electrons. The van der Waals surface area contributed by atoms with Gasteiger partial charge in [-0.25, -0.2) is 13.6 Å². The summed E-state index contributed by atoms with van der Waals surface area (Å²) in [6, 6.07) is 8.37. The molecule has 8 heteroatoms. The number of halogens is 2. The number of aliphatic hydroxyl groups is 1. The molecule has 23 heavy (non-hydrogen) atoms. The number of hydrogen-bond donors (Lipinski definition) is 3. The van der Waals surface area contributed by atoms with Crippen molar-refractivity contribution >= 4 is 11.7 Å². The number of benzene rings is 1. The van der Waals surface area contributed by atoms with Gasteiger partial charge in [-0.3, -0.25) is 4.68 Å². The number of urea groups is 1. The minimum absolute atomic E-state index is 0.00593. The van der Waals surface area contributed by atoms with Crippen LogP contribution >= 0.6 is 0 Å². The highest BCUT2D eigenvalue weighted by Gasteiger charge is 2.23. The summed E-state index contributed by atoms with van der Waals surface area (Å²) in [5, 5.41) is 19.1. The molecule has 0 fully saturated rings. The van der Waals surface area contributed by atoms with Gasteiger partial charge in [0.2, 0.25) is 0 Å². The molecular formula is C15H18F2N4O2. The molecule has 124 valence electrons. The Balaban J connectivity index is 1.86. The summed E-state index contributed by atoms with van der Waals surface area (Å²) >= 11 is 0. The molecule has 0 aliphatic heterocycles. The first-order valence-electron chi connectivity index (χ1n) is 7.00. The molecule has 1 unspecified atom stereocenters. The lowest BCUT2D eigenvalue weighted by atomic mass is 9.96. The van der Waals surface area contributed by atoms with Crippen molar-refractivity contribution in [2.75, 3.05) is 11.9 Å². The van der Waals surface area contributed by atoms with Gasteiger partial charge in [0.25, 0.3) is 6.43 Å². The van der Waals surface area contributed by atoms with Crippen LogP contribution in [0.2, 0.25) is 0 Å². The topological polar surface area (TPSA) is 79.2 Å². The lowest BCUT2D eigenvalue weighted by Crippen LogP contribution is -2.40. The number of aromatic nitrogens is 2. The first-order chi connectivity index (χ1) is 10.9. The van der Waals surface area contributed by atoms with Gasteiger partial charge in [-0.1, -0.05) is 30.3 Å². The van der Waals surface area contributed by atoms with Gasteiger partial charge in [-0.05, 0) is 12.5 Å². The van der Waals surface area contributed by atoms with Crippen LogP contribution in [0.5, 0.6) is 0 Å². The summed E-state index contributed by atoms with van der Waals surface area (Å²) in [5.41, 5.74) is -0.258. The van der Waals surface area contributed by atoms with Crippen LogP contribution in [-0.4, -0.2) is 33.9 Å². The van der Waals surface area contributed by atoms with E-state index >= 15 is 0 Å². The Kier molecular flexibility index (Phi) is 5.28. The van der Waals surface area contributed by atoms with Gasteiger partial charge in [0.1, 0.15) is 12.1 Å². The normalized spacial score (nSPS) is 13.6. The number of nitrogens with zero attached hydrogens (tertiary/aromatic N) is 2. The van der Waals surface area contributed by atoms with Crippen molar-refractivity contribution in [2.45, 2.75) is 25.5 Å². The van der Waals surface area contributed by atoms with Crippen molar-refractivity contribution < 1.29 is 18.7 Å². The monoisotopic (exact) mass is 324 g/mol. The smallest absolute Gasteiger partial charge is 0.319 e. The van der Waals surface area contributed by atoms with Crippen LogP contribution in [0.15, 0.2) is 42.7 Å². The van der Waals surface area contributed by atoms with Crippen LogP contribution < -0.4 is 10.6 Å². The zero-order valence-electron chi connectivity index (χ0n) is 12.5. The Labute approximate surface area is 132 Å². The lowest BCUT2D eigenvalue weighted by molar-refractivity contribution is 0.0599. The average Bonchev–Trinajstić information content (AvgIpc) is 2.92. The van der Waals surface area contributed by atoms with Crippen LogP contribution in [0.25, 0.3) is 0 Å². The fraction of sp³-hybridized carbons (Fsp3) is 0.333. The van der Waals surface area contributed by atoms with Crippen molar-refractivity contribution in [1.82, 2.24) is 15.1 Å². The average molecular weight is 324 g/mol. The minimum atomic E-state index is -2.52. The first-order valence-corrected chi connectivity index (χ1v) is 7.00. The molecule has 0 bridgehead atoms. The van der Waals surface area contributed by atoms with E-state index in [4.69, 9.17) is 0 Å². The van der Waals surface area contributed by atoms with Crippen LogP contribution in [0.1, 0.15) is 12.5 Å². The molecule has 2 rings (SSSR count). The number of nitrogens with one attached hydrogen (secondary N) is 2. The van der Waals surface area contributed by atoms with Crippen molar-refractivity contribution in [2.24, 2.45) is 0 Å². The van der Waals surface area contributed by atoms with Gasteiger partial charge < -0.3 is 15.7 Å². The number of carbonyl (C=O) groups excluding carboxylic acids is 1. The first kappa shape index (κ1) is 16.9. The summed E-state index contributed by atoms with van der Waals surface area (Å²) in [6.45, 7) is 1.04. The molecule has 0 saturated heterocycles. The minimum Gasteiger partial charge on any atom is -0.384 e. The molecule has 0 saturated carbocycles. The molecule has 6 nitrogen and oxygen atoms in total. The van der Waals surface area contributed by atoms with E-state index in [0.717, 1.165) is 4.68 Å². The Morgan fingerprint density at radius 1 is 1.39 bits per heavy atom. The maximum absolute atomic E-state index is 12.2. The molecule has 0 aliphatic rings. The number of rotatable bonds is 6. The zero-order chi connectivity index (χ0) is 16.9. The third kappa shape index (κ3) is 5.03. The van der Waals surface area contributed by atoms with E-state index in [9.17, 15) is 18.7 Å². The Morgan fingerprint density at radius 2 is 2.09 bits per heavy atom. The molecule has 3 N–H and O–H groups in total. The summed E-state index contributed by atoms with van der Waals surface area (Å²) in [5.74, 6) is 0. The fourth-order valence-corrected chi connectivity index (χ4v) is 2.00. The van der Waals surface area contributed by atoms with Crippen molar-refractivity contribution in [3.8, 4) is 0 Å². The van der Waals surface area contributed by atoms with E-state index in [1.165, 1.54) is 12.4 Å². The zero-order valence-corrected chi connectivity index (χ0v) is 12.5. The highest BCUT2D eigenvalue weighted by molar-refractivity contribution is 5.88. The summed E-state index contributed by atoms with van der Waals surface area (Å²) in [7, 11) is 0. The molecule has 1 aromatic carbocycles. The molecule has 2 aromatic rings. The van der Waals surface area contributed by atoms with Crippen molar-refractivity contribution in [3.63, 3.8) is 0 Å². The molecule has 1 aromatic heterocycles. The van der Waals surface area contributed by atoms with E-state index in [-0.39, 0.29) is 6.54 Å². The number of carbonyl (C=O) groups is 1. The highest BCUT2D eigenvalue weighted by Crippen LogP contribution is 2.19. The van der Waals surface area contributed by atoms with Crippen LogP contribution in [-0.2, 0) is 12.1 Å². The fourth-order valence-electron chi connectivity index (χ4n) is 2.00. The second-order valence-electron chi connectivity index (χ2n) is 5.29. The SMILES string of the molecule is CC(O)(CNC(=O)Nc1cnn(CC(F)F)c1)c1ccccc1. The molecule has 1 atom stereocenters. The maximum Gasteiger partial charge on any atom is 0.319 e. The van der Waals surface area contributed by atoms with Gasteiger partial charge in [0, 0.05) is 6.20 Å². The number of hydrogen-bond acceptors (Lipinski definition) is 3. The van der Waals surface area contributed by atoms with Crippen LogP contribution in [0.4, 0.5) is 19.3 Å². The van der Waals surface area contributed by atoms with Crippen LogP contribution in [0.3, 0.4) is 0 Å². The summed E-state index contributed by atoms with van der Waals surface area (Å²) in [4.78, 5) is 11.8.